The summed E-state index contributed by atoms with van der Waals surface area (Å²) in [6.07, 6.45) is 0.611. The van der Waals surface area contributed by atoms with Gasteiger partial charge in [-0.2, -0.15) is 0 Å². The first-order chi connectivity index (χ1) is 11.5. The Hall–Kier alpha value is -0.723. The summed E-state index contributed by atoms with van der Waals surface area (Å²) in [5.41, 5.74) is 1.09. The molecule has 1 unspecified atom stereocenters. The SMILES string of the molecule is C[C@H]1[C@H](c2ccccc2)OC[C@@H](CCO[Si](C)(C)C(C)(C)C)[N+]1(C)[O-]. The average molecular weight is 366 g/mol. The third-order valence-corrected chi connectivity index (χ3v) is 10.8. The minimum atomic E-state index is -1.77. The van der Waals surface area contributed by atoms with Gasteiger partial charge in [0.25, 0.3) is 0 Å². The lowest BCUT2D eigenvalue weighted by molar-refractivity contribution is -0.923. The summed E-state index contributed by atoms with van der Waals surface area (Å²) in [7, 11) is 0.0231. The number of morpholine rings is 1. The number of quaternary nitrogens is 1. The number of nitrogens with zero attached hydrogens (tertiary/aromatic N) is 1. The molecule has 0 aromatic heterocycles. The first kappa shape index (κ1) is 20.6. The molecule has 1 aromatic carbocycles. The van der Waals surface area contributed by atoms with Crippen molar-refractivity contribution in [1.29, 1.82) is 0 Å². The first-order valence-electron chi connectivity index (χ1n) is 9.34. The molecule has 0 N–H and O–H groups in total. The van der Waals surface area contributed by atoms with E-state index in [2.05, 4.69) is 33.9 Å². The summed E-state index contributed by atoms with van der Waals surface area (Å²) < 4.78 is 12.1. The monoisotopic (exact) mass is 365 g/mol. The third kappa shape index (κ3) is 4.52. The van der Waals surface area contributed by atoms with Gasteiger partial charge in [0.2, 0.25) is 0 Å². The number of benzene rings is 1. The number of ether oxygens (including phenoxy) is 1. The van der Waals surface area contributed by atoms with Crippen molar-refractivity contribution >= 4 is 8.32 Å². The lowest BCUT2D eigenvalue weighted by atomic mass is 9.97. The Morgan fingerprint density at radius 1 is 1.24 bits per heavy atom. The van der Waals surface area contributed by atoms with E-state index in [9.17, 15) is 5.21 Å². The molecule has 1 aliphatic heterocycles. The number of likely N-dealkylation sites (N-methyl/N-ethyl adjacent to an activating group) is 1. The Kier molecular flexibility index (Phi) is 6.17. The Morgan fingerprint density at radius 2 is 1.84 bits per heavy atom. The second-order valence-electron chi connectivity index (χ2n) is 9.02. The fourth-order valence-corrected chi connectivity index (χ4v) is 4.19. The van der Waals surface area contributed by atoms with Crippen LogP contribution in [0.5, 0.6) is 0 Å². The highest BCUT2D eigenvalue weighted by Crippen LogP contribution is 2.38. The molecule has 25 heavy (non-hydrogen) atoms. The van der Waals surface area contributed by atoms with Crippen molar-refractivity contribution in [2.75, 3.05) is 20.3 Å². The molecule has 1 saturated heterocycles. The van der Waals surface area contributed by atoms with E-state index in [1.54, 1.807) is 7.05 Å². The van der Waals surface area contributed by atoms with E-state index in [1.807, 2.05) is 37.3 Å². The second-order valence-corrected chi connectivity index (χ2v) is 13.8. The Morgan fingerprint density at radius 3 is 2.40 bits per heavy atom. The zero-order valence-corrected chi connectivity index (χ0v) is 17.9. The maximum atomic E-state index is 13.3. The fraction of sp³-hybridized carbons (Fsp3) is 0.700. The quantitative estimate of drug-likeness (QED) is 0.424. The largest absolute Gasteiger partial charge is 0.632 e. The first-order valence-corrected chi connectivity index (χ1v) is 12.2. The molecule has 0 amide bonds. The number of hydrogen-bond acceptors (Lipinski definition) is 3. The van der Waals surface area contributed by atoms with Crippen LogP contribution in [0.4, 0.5) is 0 Å². The van der Waals surface area contributed by atoms with Gasteiger partial charge < -0.3 is 19.0 Å². The van der Waals surface area contributed by atoms with E-state index in [4.69, 9.17) is 9.16 Å². The molecule has 2 rings (SSSR count). The molecule has 1 fully saturated rings. The van der Waals surface area contributed by atoms with E-state index in [-0.39, 0.29) is 27.9 Å². The van der Waals surface area contributed by atoms with Crippen LogP contribution in [0.2, 0.25) is 18.1 Å². The molecule has 1 heterocycles. The normalized spacial score (nSPS) is 31.1. The van der Waals surface area contributed by atoms with Crippen molar-refractivity contribution in [2.45, 2.75) is 70.4 Å². The van der Waals surface area contributed by atoms with E-state index >= 15 is 0 Å². The molecule has 0 radical (unpaired) electrons. The molecule has 1 aliphatic rings. The van der Waals surface area contributed by atoms with Crippen LogP contribution in [0, 0.1) is 5.21 Å². The zero-order valence-electron chi connectivity index (χ0n) is 16.9. The predicted octanol–water partition coefficient (Wildman–Crippen LogP) is 4.87. The molecular weight excluding hydrogens is 330 g/mol. The molecule has 0 spiro atoms. The van der Waals surface area contributed by atoms with Crippen LogP contribution >= 0.6 is 0 Å². The Labute approximate surface area is 154 Å². The molecule has 142 valence electrons. The van der Waals surface area contributed by atoms with Crippen LogP contribution in [-0.2, 0) is 9.16 Å². The van der Waals surface area contributed by atoms with Crippen molar-refractivity contribution in [3.05, 3.63) is 41.1 Å². The highest BCUT2D eigenvalue weighted by Gasteiger charge is 2.43. The van der Waals surface area contributed by atoms with Crippen LogP contribution in [0.25, 0.3) is 0 Å². The molecule has 5 heteroatoms. The van der Waals surface area contributed by atoms with E-state index in [0.29, 0.717) is 13.2 Å². The highest BCUT2D eigenvalue weighted by molar-refractivity contribution is 6.74. The lowest BCUT2D eigenvalue weighted by Crippen LogP contribution is -2.61. The van der Waals surface area contributed by atoms with Gasteiger partial charge in [0.15, 0.2) is 8.32 Å². The van der Waals surface area contributed by atoms with E-state index in [1.165, 1.54) is 0 Å². The Balaban J connectivity index is 1.98. The standard InChI is InChI=1S/C20H35NO3Si/c1-16-19(17-11-9-8-10-12-17)23-15-18(21(16,5)22)13-14-24-25(6,7)20(2,3)4/h8-12,16,18-19H,13-15H2,1-7H3/t16-,18+,19+,21?/m0/s1. The minimum absolute atomic E-state index is 0.0697. The zero-order chi connectivity index (χ0) is 18.9. The summed E-state index contributed by atoms with van der Waals surface area (Å²) >= 11 is 0. The van der Waals surface area contributed by atoms with Crippen molar-refractivity contribution in [3.8, 4) is 0 Å². The van der Waals surface area contributed by atoms with Crippen LogP contribution in [0.3, 0.4) is 0 Å². The van der Waals surface area contributed by atoms with Crippen LogP contribution in [-0.4, -0.2) is 45.3 Å². The summed E-state index contributed by atoms with van der Waals surface area (Å²) in [6.45, 7) is 14.4. The lowest BCUT2D eigenvalue weighted by Gasteiger charge is -2.55. The number of hydrogen-bond donors (Lipinski definition) is 0. The molecule has 0 aliphatic carbocycles. The maximum absolute atomic E-state index is 13.3. The van der Waals surface area contributed by atoms with Crippen LogP contribution in [0.1, 0.15) is 45.8 Å². The van der Waals surface area contributed by atoms with Crippen molar-refractivity contribution < 1.29 is 13.8 Å². The van der Waals surface area contributed by atoms with Crippen molar-refractivity contribution in [2.24, 2.45) is 0 Å². The highest BCUT2D eigenvalue weighted by atomic mass is 28.4. The van der Waals surface area contributed by atoms with Crippen LogP contribution < -0.4 is 0 Å². The molecular formula is C20H35NO3Si. The number of hydroxylamine groups is 3. The van der Waals surface area contributed by atoms with Gasteiger partial charge >= 0.3 is 0 Å². The fourth-order valence-electron chi connectivity index (χ4n) is 3.13. The van der Waals surface area contributed by atoms with Gasteiger partial charge in [0.1, 0.15) is 24.8 Å². The van der Waals surface area contributed by atoms with Gasteiger partial charge in [0, 0.05) is 13.0 Å². The van der Waals surface area contributed by atoms with E-state index < -0.39 is 8.32 Å². The van der Waals surface area contributed by atoms with Gasteiger partial charge in [-0.05, 0) is 30.6 Å². The molecule has 0 saturated carbocycles. The third-order valence-electron chi connectivity index (χ3n) is 6.29. The second kappa shape index (κ2) is 7.49. The van der Waals surface area contributed by atoms with Gasteiger partial charge in [0.05, 0.1) is 7.05 Å². The Bertz CT molecular complexity index is 554. The minimum Gasteiger partial charge on any atom is -0.632 e. The topological polar surface area (TPSA) is 41.5 Å². The number of rotatable bonds is 5. The maximum Gasteiger partial charge on any atom is 0.191 e. The summed E-state index contributed by atoms with van der Waals surface area (Å²) in [5, 5.41) is 13.5. The van der Waals surface area contributed by atoms with Crippen molar-refractivity contribution in [1.82, 2.24) is 0 Å². The van der Waals surface area contributed by atoms with Crippen LogP contribution in [0.15, 0.2) is 30.3 Å². The summed E-state index contributed by atoms with van der Waals surface area (Å²) in [4.78, 5) is 0. The van der Waals surface area contributed by atoms with E-state index in [0.717, 1.165) is 12.0 Å². The van der Waals surface area contributed by atoms with Gasteiger partial charge in [-0.25, -0.2) is 0 Å². The summed E-state index contributed by atoms with van der Waals surface area (Å²) in [6, 6.07) is 9.88. The molecule has 4 atom stereocenters. The smallest absolute Gasteiger partial charge is 0.191 e. The average Bonchev–Trinajstić information content (AvgIpc) is 2.51. The van der Waals surface area contributed by atoms with Gasteiger partial charge in [-0.3, -0.25) is 0 Å². The van der Waals surface area contributed by atoms with Crippen molar-refractivity contribution in [3.63, 3.8) is 0 Å². The van der Waals surface area contributed by atoms with Gasteiger partial charge in [-0.15, -0.1) is 0 Å². The molecule has 4 nitrogen and oxygen atoms in total. The molecule has 0 bridgehead atoms. The summed E-state index contributed by atoms with van der Waals surface area (Å²) in [5.74, 6) is 0. The predicted molar refractivity (Wildman–Crippen MR) is 106 cm³/mol. The molecule has 1 aromatic rings. The van der Waals surface area contributed by atoms with Gasteiger partial charge in [-0.1, -0.05) is 51.1 Å².